The van der Waals surface area contributed by atoms with Crippen LogP contribution in [0.1, 0.15) is 16.2 Å². The Bertz CT molecular complexity index is 876. The van der Waals surface area contributed by atoms with Crippen LogP contribution < -0.4 is 0 Å². The van der Waals surface area contributed by atoms with Crippen molar-refractivity contribution in [2.24, 2.45) is 0 Å². The molecule has 3 aromatic rings. The highest BCUT2D eigenvalue weighted by molar-refractivity contribution is 9.10. The van der Waals surface area contributed by atoms with E-state index in [9.17, 15) is 15.0 Å². The average Bonchev–Trinajstić information content (AvgIpc) is 3.02. The maximum atomic E-state index is 11.9. The minimum absolute atomic E-state index is 0.0690. The number of nitrogens with zero attached hydrogens (tertiary/aromatic N) is 2. The number of halogens is 1. The number of ether oxygens (including phenoxy) is 1. The van der Waals surface area contributed by atoms with E-state index in [4.69, 9.17) is 9.15 Å². The number of rotatable bonds is 4. The molecule has 0 spiro atoms. The number of aromatic nitrogens is 2. The van der Waals surface area contributed by atoms with Crippen LogP contribution in [0.15, 0.2) is 51.4 Å². The number of aromatic hydroxyl groups is 2. The van der Waals surface area contributed by atoms with Crippen LogP contribution in [0, 0.1) is 0 Å². The first kappa shape index (κ1) is 16.0. The van der Waals surface area contributed by atoms with E-state index < -0.39 is 5.97 Å². The van der Waals surface area contributed by atoms with Gasteiger partial charge in [0.15, 0.2) is 6.61 Å². The summed E-state index contributed by atoms with van der Waals surface area (Å²) in [5, 5.41) is 26.5. The number of phenolic OH excluding ortho intramolecular Hbond substituents is 2. The fourth-order valence-electron chi connectivity index (χ4n) is 1.92. The molecule has 0 atom stereocenters. The van der Waals surface area contributed by atoms with Crippen LogP contribution in [0.25, 0.3) is 11.5 Å². The quantitative estimate of drug-likeness (QED) is 0.658. The smallest absolute Gasteiger partial charge is 0.342 e. The largest absolute Gasteiger partial charge is 0.508 e. The van der Waals surface area contributed by atoms with Gasteiger partial charge in [-0.25, -0.2) is 4.79 Å². The molecule has 0 fully saturated rings. The van der Waals surface area contributed by atoms with E-state index in [0.29, 0.717) is 5.89 Å². The molecule has 1 aromatic heterocycles. The van der Waals surface area contributed by atoms with Crippen molar-refractivity contribution in [3.8, 4) is 23.0 Å². The molecule has 122 valence electrons. The van der Waals surface area contributed by atoms with Crippen molar-refractivity contribution in [1.82, 2.24) is 10.2 Å². The molecule has 8 heteroatoms. The van der Waals surface area contributed by atoms with Gasteiger partial charge in [0, 0.05) is 16.1 Å². The Morgan fingerprint density at radius 3 is 2.58 bits per heavy atom. The van der Waals surface area contributed by atoms with Crippen molar-refractivity contribution in [3.63, 3.8) is 0 Å². The minimum Gasteiger partial charge on any atom is -0.508 e. The molecule has 0 aliphatic carbocycles. The molecule has 1 heterocycles. The summed E-state index contributed by atoms with van der Waals surface area (Å²) in [7, 11) is 0. The van der Waals surface area contributed by atoms with Crippen molar-refractivity contribution in [1.29, 1.82) is 0 Å². The molecule has 0 saturated carbocycles. The summed E-state index contributed by atoms with van der Waals surface area (Å²) in [6.45, 7) is -0.233. The maximum Gasteiger partial charge on any atom is 0.342 e. The zero-order valence-corrected chi connectivity index (χ0v) is 13.7. The van der Waals surface area contributed by atoms with Crippen LogP contribution in [0.4, 0.5) is 0 Å². The Balaban J connectivity index is 1.67. The van der Waals surface area contributed by atoms with Crippen LogP contribution in [0.3, 0.4) is 0 Å². The summed E-state index contributed by atoms with van der Waals surface area (Å²) in [5.74, 6) is -0.863. The Hall–Kier alpha value is -2.87. The lowest BCUT2D eigenvalue weighted by Crippen LogP contribution is -2.05. The topological polar surface area (TPSA) is 106 Å². The third-order valence-corrected chi connectivity index (χ3v) is 3.61. The molecule has 24 heavy (non-hydrogen) atoms. The third-order valence-electron chi connectivity index (χ3n) is 3.09. The second kappa shape index (κ2) is 6.71. The molecule has 0 aliphatic rings. The second-order valence-electron chi connectivity index (χ2n) is 4.79. The molecule has 0 radical (unpaired) electrons. The minimum atomic E-state index is -0.768. The number of carbonyl (C=O) groups excluding carboxylic acids is 1. The van der Waals surface area contributed by atoms with Crippen molar-refractivity contribution in [2.75, 3.05) is 0 Å². The average molecular weight is 391 g/mol. The van der Waals surface area contributed by atoms with Crippen molar-refractivity contribution < 1.29 is 24.2 Å². The Labute approximate surface area is 144 Å². The highest BCUT2D eigenvalue weighted by Gasteiger charge is 2.15. The fourth-order valence-corrected chi connectivity index (χ4v) is 2.18. The SMILES string of the molecule is O=C(OCc1nnc(-c2ccc(Br)cc2)o1)c1ccc(O)cc1O. The monoisotopic (exact) mass is 390 g/mol. The van der Waals surface area contributed by atoms with Gasteiger partial charge in [0.05, 0.1) is 0 Å². The zero-order valence-electron chi connectivity index (χ0n) is 12.1. The Kier molecular flexibility index (Phi) is 4.48. The molecule has 0 saturated heterocycles. The van der Waals surface area contributed by atoms with Gasteiger partial charge in [0.2, 0.25) is 5.89 Å². The molecule has 0 aliphatic heterocycles. The van der Waals surface area contributed by atoms with Crippen LogP contribution in [-0.2, 0) is 11.3 Å². The lowest BCUT2D eigenvalue weighted by atomic mass is 10.2. The molecular weight excluding hydrogens is 380 g/mol. The first-order valence-corrected chi connectivity index (χ1v) is 7.59. The number of benzene rings is 2. The van der Waals surface area contributed by atoms with Crippen LogP contribution in [0.5, 0.6) is 11.5 Å². The maximum absolute atomic E-state index is 11.9. The number of phenols is 2. The van der Waals surface area contributed by atoms with E-state index >= 15 is 0 Å². The molecule has 2 aromatic carbocycles. The summed E-state index contributed by atoms with van der Waals surface area (Å²) in [6, 6.07) is 10.9. The molecule has 2 N–H and O–H groups in total. The van der Waals surface area contributed by atoms with Gasteiger partial charge >= 0.3 is 5.97 Å². The summed E-state index contributed by atoms with van der Waals surface area (Å²) < 4.78 is 11.4. The Morgan fingerprint density at radius 2 is 1.88 bits per heavy atom. The van der Waals surface area contributed by atoms with Gasteiger partial charge in [-0.2, -0.15) is 0 Å². The van der Waals surface area contributed by atoms with Crippen molar-refractivity contribution >= 4 is 21.9 Å². The lowest BCUT2D eigenvalue weighted by Gasteiger charge is -2.04. The first-order chi connectivity index (χ1) is 11.5. The van der Waals surface area contributed by atoms with Crippen molar-refractivity contribution in [3.05, 3.63) is 58.4 Å². The zero-order chi connectivity index (χ0) is 17.1. The predicted octanol–water partition coefficient (Wildman–Crippen LogP) is 3.27. The van der Waals surface area contributed by atoms with E-state index in [1.807, 2.05) is 24.3 Å². The predicted molar refractivity (Wildman–Crippen MR) is 86.3 cm³/mol. The number of esters is 1. The van der Waals surface area contributed by atoms with Gasteiger partial charge in [0.25, 0.3) is 5.89 Å². The van der Waals surface area contributed by atoms with E-state index in [0.717, 1.165) is 16.1 Å². The number of hydrogen-bond donors (Lipinski definition) is 2. The Morgan fingerprint density at radius 1 is 1.12 bits per heavy atom. The summed E-state index contributed by atoms with van der Waals surface area (Å²) in [6.07, 6.45) is 0. The number of carbonyl (C=O) groups is 1. The van der Waals surface area contributed by atoms with E-state index in [-0.39, 0.29) is 29.6 Å². The third kappa shape index (κ3) is 3.54. The van der Waals surface area contributed by atoms with Gasteiger partial charge in [0.1, 0.15) is 17.1 Å². The summed E-state index contributed by atoms with van der Waals surface area (Å²) >= 11 is 3.34. The highest BCUT2D eigenvalue weighted by atomic mass is 79.9. The molecule has 7 nitrogen and oxygen atoms in total. The van der Waals surface area contributed by atoms with E-state index in [1.165, 1.54) is 12.1 Å². The van der Waals surface area contributed by atoms with E-state index in [2.05, 4.69) is 26.1 Å². The standard InChI is InChI=1S/C16H11BrN2O5/c17-10-3-1-9(2-4-10)15-19-18-14(24-15)8-23-16(22)12-6-5-11(20)7-13(12)21/h1-7,20-21H,8H2. The van der Waals surface area contributed by atoms with Crippen LogP contribution in [-0.4, -0.2) is 26.4 Å². The van der Waals surface area contributed by atoms with Gasteiger partial charge in [-0.15, -0.1) is 10.2 Å². The van der Waals surface area contributed by atoms with Gasteiger partial charge in [-0.05, 0) is 36.4 Å². The first-order valence-electron chi connectivity index (χ1n) is 6.80. The van der Waals surface area contributed by atoms with E-state index in [1.54, 1.807) is 0 Å². The lowest BCUT2D eigenvalue weighted by molar-refractivity contribution is 0.0435. The summed E-state index contributed by atoms with van der Waals surface area (Å²) in [5.41, 5.74) is 0.667. The fraction of sp³-hybridized carbons (Fsp3) is 0.0625. The molecular formula is C16H11BrN2O5. The van der Waals surface area contributed by atoms with Gasteiger partial charge < -0.3 is 19.4 Å². The molecule has 0 unspecified atom stereocenters. The molecule has 0 bridgehead atoms. The highest BCUT2D eigenvalue weighted by Crippen LogP contribution is 2.24. The van der Waals surface area contributed by atoms with Crippen LogP contribution in [0.2, 0.25) is 0 Å². The van der Waals surface area contributed by atoms with Crippen molar-refractivity contribution in [2.45, 2.75) is 6.61 Å². The van der Waals surface area contributed by atoms with Gasteiger partial charge in [-0.3, -0.25) is 0 Å². The van der Waals surface area contributed by atoms with Crippen LogP contribution >= 0.6 is 15.9 Å². The molecule has 3 rings (SSSR count). The summed E-state index contributed by atoms with van der Waals surface area (Å²) in [4.78, 5) is 11.9. The van der Waals surface area contributed by atoms with Gasteiger partial charge in [-0.1, -0.05) is 15.9 Å². The second-order valence-corrected chi connectivity index (χ2v) is 5.70. The normalized spacial score (nSPS) is 10.5. The number of hydrogen-bond acceptors (Lipinski definition) is 7. The molecule has 0 amide bonds.